The van der Waals surface area contributed by atoms with Gasteiger partial charge in [-0.2, -0.15) is 0 Å². The molecule has 1 amide bonds. The number of piperidine rings is 1. The quantitative estimate of drug-likeness (QED) is 0.755. The van der Waals surface area contributed by atoms with E-state index in [0.29, 0.717) is 19.1 Å². The van der Waals surface area contributed by atoms with E-state index in [4.69, 9.17) is 4.74 Å². The summed E-state index contributed by atoms with van der Waals surface area (Å²) in [5.74, 6) is 0.229. The zero-order valence-electron chi connectivity index (χ0n) is 13.1. The summed E-state index contributed by atoms with van der Waals surface area (Å²) >= 11 is 0. The Morgan fingerprint density at radius 1 is 1.38 bits per heavy atom. The van der Waals surface area contributed by atoms with Crippen molar-refractivity contribution in [1.29, 1.82) is 0 Å². The summed E-state index contributed by atoms with van der Waals surface area (Å²) in [6.07, 6.45) is 3.60. The number of likely N-dealkylation sites (N-methyl/N-ethyl adjacent to an activating group) is 1. The second kappa shape index (κ2) is 8.03. The monoisotopic (exact) mass is 290 g/mol. The lowest BCUT2D eigenvalue weighted by Crippen LogP contribution is -2.48. The van der Waals surface area contributed by atoms with E-state index < -0.39 is 0 Å². The second-order valence-corrected chi connectivity index (χ2v) is 5.68. The van der Waals surface area contributed by atoms with Gasteiger partial charge in [0.15, 0.2) is 0 Å². The Balaban J connectivity index is 1.89. The molecule has 4 nitrogen and oxygen atoms in total. The van der Waals surface area contributed by atoms with E-state index in [-0.39, 0.29) is 5.91 Å². The molecule has 1 atom stereocenters. The molecule has 116 valence electrons. The Labute approximate surface area is 127 Å². The van der Waals surface area contributed by atoms with Gasteiger partial charge in [0.1, 0.15) is 0 Å². The molecule has 0 saturated carbocycles. The average Bonchev–Trinajstić information content (AvgIpc) is 2.55. The Hall–Kier alpha value is -1.55. The number of hydrogen-bond acceptors (Lipinski definition) is 3. The first kappa shape index (κ1) is 15.8. The fourth-order valence-corrected chi connectivity index (χ4v) is 2.89. The standard InChI is InChI=1S/C17H26N2O2/c1-18(17(20)11-7-13-21-2)16-10-6-12-19(14-16)15-8-4-3-5-9-15/h3-5,8-9,16H,6-7,10-14H2,1-2H3. The van der Waals surface area contributed by atoms with E-state index in [0.717, 1.165) is 32.4 Å². The van der Waals surface area contributed by atoms with Crippen molar-refractivity contribution in [3.8, 4) is 0 Å². The Kier molecular flexibility index (Phi) is 6.05. The van der Waals surface area contributed by atoms with Crippen molar-refractivity contribution in [2.75, 3.05) is 38.8 Å². The molecule has 2 rings (SSSR count). The van der Waals surface area contributed by atoms with E-state index in [1.807, 2.05) is 18.0 Å². The van der Waals surface area contributed by atoms with Crippen LogP contribution in [0, 0.1) is 0 Å². The van der Waals surface area contributed by atoms with Crippen LogP contribution in [-0.2, 0) is 9.53 Å². The molecule has 0 radical (unpaired) electrons. The number of carbonyl (C=O) groups is 1. The van der Waals surface area contributed by atoms with Crippen LogP contribution < -0.4 is 4.90 Å². The lowest BCUT2D eigenvalue weighted by atomic mass is 10.0. The molecule has 0 bridgehead atoms. The van der Waals surface area contributed by atoms with Gasteiger partial charge in [-0.25, -0.2) is 0 Å². The molecule has 1 aliphatic rings. The summed E-state index contributed by atoms with van der Waals surface area (Å²) in [5.41, 5.74) is 1.25. The third kappa shape index (κ3) is 4.46. The van der Waals surface area contributed by atoms with E-state index in [9.17, 15) is 4.79 Å². The Morgan fingerprint density at radius 3 is 2.86 bits per heavy atom. The number of para-hydroxylation sites is 1. The van der Waals surface area contributed by atoms with Crippen LogP contribution in [0.25, 0.3) is 0 Å². The van der Waals surface area contributed by atoms with Gasteiger partial charge in [-0.15, -0.1) is 0 Å². The van der Waals surface area contributed by atoms with Crippen LogP contribution in [0.1, 0.15) is 25.7 Å². The molecule has 1 saturated heterocycles. The van der Waals surface area contributed by atoms with Crippen molar-refractivity contribution in [3.05, 3.63) is 30.3 Å². The highest BCUT2D eigenvalue weighted by atomic mass is 16.5. The van der Waals surface area contributed by atoms with Crippen LogP contribution >= 0.6 is 0 Å². The normalized spacial score (nSPS) is 18.6. The number of rotatable bonds is 6. The van der Waals surface area contributed by atoms with Crippen LogP contribution in [-0.4, -0.2) is 50.7 Å². The average molecular weight is 290 g/mol. The van der Waals surface area contributed by atoms with Gasteiger partial charge in [0.2, 0.25) is 5.91 Å². The van der Waals surface area contributed by atoms with Gasteiger partial charge in [0, 0.05) is 52.0 Å². The number of nitrogens with zero attached hydrogens (tertiary/aromatic N) is 2. The molecule has 21 heavy (non-hydrogen) atoms. The van der Waals surface area contributed by atoms with Crippen LogP contribution in [0.4, 0.5) is 5.69 Å². The fourth-order valence-electron chi connectivity index (χ4n) is 2.89. The molecule has 0 aromatic heterocycles. The molecular formula is C17H26N2O2. The number of anilines is 1. The number of methoxy groups -OCH3 is 1. The summed E-state index contributed by atoms with van der Waals surface area (Å²) in [6.45, 7) is 2.66. The minimum atomic E-state index is 0.229. The molecule has 0 N–H and O–H groups in total. The Bertz CT molecular complexity index is 436. The van der Waals surface area contributed by atoms with E-state index >= 15 is 0 Å². The first-order chi connectivity index (χ1) is 10.2. The lowest BCUT2D eigenvalue weighted by molar-refractivity contribution is -0.132. The summed E-state index contributed by atoms with van der Waals surface area (Å²) in [7, 11) is 3.61. The molecule has 1 unspecified atom stereocenters. The van der Waals surface area contributed by atoms with Gasteiger partial charge in [-0.05, 0) is 31.4 Å². The highest BCUT2D eigenvalue weighted by Gasteiger charge is 2.25. The number of benzene rings is 1. The number of carbonyl (C=O) groups excluding carboxylic acids is 1. The third-order valence-electron chi connectivity index (χ3n) is 4.20. The van der Waals surface area contributed by atoms with Crippen molar-refractivity contribution in [1.82, 2.24) is 4.90 Å². The van der Waals surface area contributed by atoms with Gasteiger partial charge < -0.3 is 14.5 Å². The molecule has 1 heterocycles. The van der Waals surface area contributed by atoms with Crippen molar-refractivity contribution < 1.29 is 9.53 Å². The lowest BCUT2D eigenvalue weighted by Gasteiger charge is -2.39. The molecule has 1 aromatic rings. The zero-order valence-corrected chi connectivity index (χ0v) is 13.1. The van der Waals surface area contributed by atoms with Gasteiger partial charge in [0.05, 0.1) is 0 Å². The topological polar surface area (TPSA) is 32.8 Å². The van der Waals surface area contributed by atoms with Crippen molar-refractivity contribution in [2.45, 2.75) is 31.7 Å². The number of ether oxygens (including phenoxy) is 1. The van der Waals surface area contributed by atoms with Crippen LogP contribution in [0.15, 0.2) is 30.3 Å². The first-order valence-corrected chi connectivity index (χ1v) is 7.77. The van der Waals surface area contributed by atoms with Crippen molar-refractivity contribution >= 4 is 11.6 Å². The Morgan fingerprint density at radius 2 is 2.14 bits per heavy atom. The van der Waals surface area contributed by atoms with Crippen LogP contribution in [0.2, 0.25) is 0 Å². The van der Waals surface area contributed by atoms with E-state index in [2.05, 4.69) is 29.2 Å². The maximum absolute atomic E-state index is 12.2. The predicted molar refractivity (Wildman–Crippen MR) is 85.6 cm³/mol. The van der Waals surface area contributed by atoms with Gasteiger partial charge in [-0.1, -0.05) is 18.2 Å². The maximum Gasteiger partial charge on any atom is 0.222 e. The molecule has 1 aliphatic heterocycles. The summed E-state index contributed by atoms with van der Waals surface area (Å²) in [6, 6.07) is 10.8. The molecule has 4 heteroatoms. The SMILES string of the molecule is COCCCC(=O)N(C)C1CCCN(c2ccccc2)C1. The molecule has 0 spiro atoms. The zero-order chi connectivity index (χ0) is 15.1. The fraction of sp³-hybridized carbons (Fsp3) is 0.588. The van der Waals surface area contributed by atoms with Crippen LogP contribution in [0.5, 0.6) is 0 Å². The summed E-state index contributed by atoms with van der Waals surface area (Å²) in [4.78, 5) is 16.5. The number of hydrogen-bond donors (Lipinski definition) is 0. The predicted octanol–water partition coefficient (Wildman–Crippen LogP) is 2.54. The second-order valence-electron chi connectivity index (χ2n) is 5.68. The highest BCUT2D eigenvalue weighted by Crippen LogP contribution is 2.22. The van der Waals surface area contributed by atoms with E-state index in [1.165, 1.54) is 5.69 Å². The van der Waals surface area contributed by atoms with Gasteiger partial charge in [-0.3, -0.25) is 4.79 Å². The minimum absolute atomic E-state index is 0.229. The minimum Gasteiger partial charge on any atom is -0.385 e. The highest BCUT2D eigenvalue weighted by molar-refractivity contribution is 5.76. The van der Waals surface area contributed by atoms with Gasteiger partial charge >= 0.3 is 0 Å². The number of amides is 1. The van der Waals surface area contributed by atoms with E-state index in [1.54, 1.807) is 7.11 Å². The third-order valence-corrected chi connectivity index (χ3v) is 4.20. The van der Waals surface area contributed by atoms with Crippen LogP contribution in [0.3, 0.4) is 0 Å². The maximum atomic E-state index is 12.2. The van der Waals surface area contributed by atoms with Crippen molar-refractivity contribution in [2.24, 2.45) is 0 Å². The van der Waals surface area contributed by atoms with Crippen molar-refractivity contribution in [3.63, 3.8) is 0 Å². The molecule has 1 fully saturated rings. The largest absolute Gasteiger partial charge is 0.385 e. The van der Waals surface area contributed by atoms with Gasteiger partial charge in [0.25, 0.3) is 0 Å². The first-order valence-electron chi connectivity index (χ1n) is 7.77. The summed E-state index contributed by atoms with van der Waals surface area (Å²) in [5, 5.41) is 0. The summed E-state index contributed by atoms with van der Waals surface area (Å²) < 4.78 is 5.01. The molecule has 0 aliphatic carbocycles. The smallest absolute Gasteiger partial charge is 0.222 e. The molecular weight excluding hydrogens is 264 g/mol. The molecule has 1 aromatic carbocycles.